The number of nitriles is 1. The molecule has 0 aliphatic heterocycles. The summed E-state index contributed by atoms with van der Waals surface area (Å²) in [6.45, 7) is 0.466. The molecule has 3 atom stereocenters. The Morgan fingerprint density at radius 3 is 2.80 bits per heavy atom. The number of methoxy groups -OCH3 is 1. The monoisotopic (exact) mass is 212 g/mol. The third kappa shape index (κ3) is 4.17. The summed E-state index contributed by atoms with van der Waals surface area (Å²) in [6.07, 6.45) is 4.91. The van der Waals surface area contributed by atoms with Crippen molar-refractivity contribution in [2.24, 2.45) is 0 Å². The molecule has 1 rings (SSSR count). The predicted octanol–water partition coefficient (Wildman–Crippen LogP) is 1.07. The first kappa shape index (κ1) is 12.4. The summed E-state index contributed by atoms with van der Waals surface area (Å²) < 4.78 is 11.0. The molecule has 4 nitrogen and oxygen atoms in total. The van der Waals surface area contributed by atoms with Crippen molar-refractivity contribution >= 4 is 0 Å². The van der Waals surface area contributed by atoms with Crippen LogP contribution in [0.1, 0.15) is 25.7 Å². The van der Waals surface area contributed by atoms with E-state index < -0.39 is 0 Å². The first-order valence-electron chi connectivity index (χ1n) is 5.51. The average Bonchev–Trinajstić information content (AvgIpc) is 2.31. The topological polar surface area (TPSA) is 54.3 Å². The Morgan fingerprint density at radius 2 is 2.20 bits per heavy atom. The number of nitrogens with one attached hydrogen (secondary N) is 1. The van der Waals surface area contributed by atoms with E-state index in [-0.39, 0.29) is 12.1 Å². The zero-order valence-corrected chi connectivity index (χ0v) is 9.53. The van der Waals surface area contributed by atoms with Crippen molar-refractivity contribution in [3.63, 3.8) is 0 Å². The number of rotatable bonds is 5. The van der Waals surface area contributed by atoms with Crippen LogP contribution in [0.4, 0.5) is 0 Å². The van der Waals surface area contributed by atoms with Crippen LogP contribution in [0.2, 0.25) is 0 Å². The molecule has 0 aromatic rings. The summed E-state index contributed by atoms with van der Waals surface area (Å²) in [5, 5.41) is 11.6. The van der Waals surface area contributed by atoms with Gasteiger partial charge < -0.3 is 14.8 Å². The lowest BCUT2D eigenvalue weighted by Crippen LogP contribution is -2.34. The summed E-state index contributed by atoms with van der Waals surface area (Å²) in [6, 6.07) is 1.95. The Kier molecular flexibility index (Phi) is 5.62. The highest BCUT2D eigenvalue weighted by molar-refractivity contribution is 4.88. The van der Waals surface area contributed by atoms with Crippen LogP contribution in [-0.2, 0) is 9.47 Å². The van der Waals surface area contributed by atoms with Gasteiger partial charge in [-0.05, 0) is 32.7 Å². The van der Waals surface area contributed by atoms with E-state index in [1.807, 2.05) is 0 Å². The van der Waals surface area contributed by atoms with Crippen LogP contribution in [0.3, 0.4) is 0 Å². The van der Waals surface area contributed by atoms with E-state index in [2.05, 4.69) is 11.4 Å². The molecule has 4 heteroatoms. The molecule has 86 valence electrons. The van der Waals surface area contributed by atoms with Gasteiger partial charge in [-0.3, -0.25) is 0 Å². The normalized spacial score (nSPS) is 28.3. The largest absolute Gasteiger partial charge is 0.381 e. The number of hydrogen-bond donors (Lipinski definition) is 1. The van der Waals surface area contributed by atoms with Gasteiger partial charge in [-0.15, -0.1) is 0 Å². The SMILES string of the molecule is CNC(C#N)COC1CCCC(OC)C1. The molecule has 0 heterocycles. The van der Waals surface area contributed by atoms with E-state index in [9.17, 15) is 0 Å². The molecule has 3 unspecified atom stereocenters. The van der Waals surface area contributed by atoms with Gasteiger partial charge >= 0.3 is 0 Å². The van der Waals surface area contributed by atoms with Crippen LogP contribution in [0.25, 0.3) is 0 Å². The highest BCUT2D eigenvalue weighted by Gasteiger charge is 2.22. The van der Waals surface area contributed by atoms with Crippen molar-refractivity contribution in [1.29, 1.82) is 5.26 Å². The van der Waals surface area contributed by atoms with Gasteiger partial charge in [-0.25, -0.2) is 0 Å². The maximum Gasteiger partial charge on any atom is 0.119 e. The highest BCUT2D eigenvalue weighted by atomic mass is 16.5. The second-order valence-corrected chi connectivity index (χ2v) is 3.95. The number of hydrogen-bond acceptors (Lipinski definition) is 4. The molecule has 0 saturated heterocycles. The third-order valence-corrected chi connectivity index (χ3v) is 2.91. The second kappa shape index (κ2) is 6.78. The number of nitrogens with zero attached hydrogens (tertiary/aromatic N) is 1. The van der Waals surface area contributed by atoms with E-state index in [0.717, 1.165) is 25.7 Å². The molecule has 1 aliphatic carbocycles. The van der Waals surface area contributed by atoms with Crippen molar-refractivity contribution < 1.29 is 9.47 Å². The van der Waals surface area contributed by atoms with E-state index in [4.69, 9.17) is 14.7 Å². The second-order valence-electron chi connectivity index (χ2n) is 3.95. The maximum absolute atomic E-state index is 8.74. The van der Waals surface area contributed by atoms with Crippen LogP contribution in [0, 0.1) is 11.3 Å². The van der Waals surface area contributed by atoms with Crippen molar-refractivity contribution in [2.75, 3.05) is 20.8 Å². The maximum atomic E-state index is 8.74. The lowest BCUT2D eigenvalue weighted by molar-refractivity contribution is -0.0316. The lowest BCUT2D eigenvalue weighted by atomic mass is 9.95. The molecule has 1 aliphatic rings. The smallest absolute Gasteiger partial charge is 0.119 e. The van der Waals surface area contributed by atoms with Crippen LogP contribution in [0.5, 0.6) is 0 Å². The summed E-state index contributed by atoms with van der Waals surface area (Å²) in [5.41, 5.74) is 0. The molecule has 0 aromatic carbocycles. The summed E-state index contributed by atoms with van der Waals surface area (Å²) >= 11 is 0. The first-order valence-corrected chi connectivity index (χ1v) is 5.51. The molecule has 1 saturated carbocycles. The van der Waals surface area contributed by atoms with Crippen LogP contribution in [-0.4, -0.2) is 39.0 Å². The van der Waals surface area contributed by atoms with Crippen LogP contribution in [0.15, 0.2) is 0 Å². The Hall–Kier alpha value is -0.630. The summed E-state index contributed by atoms with van der Waals surface area (Å²) in [5.74, 6) is 0. The molecule has 0 bridgehead atoms. The average molecular weight is 212 g/mol. The Bertz CT molecular complexity index is 215. The Morgan fingerprint density at radius 1 is 1.47 bits per heavy atom. The summed E-state index contributed by atoms with van der Waals surface area (Å²) in [4.78, 5) is 0. The van der Waals surface area contributed by atoms with E-state index in [1.165, 1.54) is 0 Å². The molecule has 1 fully saturated rings. The van der Waals surface area contributed by atoms with Gasteiger partial charge in [0.2, 0.25) is 0 Å². The minimum Gasteiger partial charge on any atom is -0.381 e. The fraction of sp³-hybridized carbons (Fsp3) is 0.909. The van der Waals surface area contributed by atoms with Gasteiger partial charge in [0.25, 0.3) is 0 Å². The van der Waals surface area contributed by atoms with Crippen molar-refractivity contribution in [3.05, 3.63) is 0 Å². The van der Waals surface area contributed by atoms with Gasteiger partial charge in [0, 0.05) is 7.11 Å². The van der Waals surface area contributed by atoms with Gasteiger partial charge in [0.15, 0.2) is 0 Å². The van der Waals surface area contributed by atoms with Crippen molar-refractivity contribution in [3.8, 4) is 6.07 Å². The standard InChI is InChI=1S/C11H20N2O2/c1-13-9(7-12)8-15-11-5-3-4-10(6-11)14-2/h9-11,13H,3-6,8H2,1-2H3. The first-order chi connectivity index (χ1) is 7.30. The molecule has 0 radical (unpaired) electrons. The number of ether oxygens (including phenoxy) is 2. The van der Waals surface area contributed by atoms with Crippen molar-refractivity contribution in [2.45, 2.75) is 43.9 Å². The molecule has 0 amide bonds. The lowest BCUT2D eigenvalue weighted by Gasteiger charge is -2.28. The molecule has 15 heavy (non-hydrogen) atoms. The van der Waals surface area contributed by atoms with E-state index in [1.54, 1.807) is 14.2 Å². The highest BCUT2D eigenvalue weighted by Crippen LogP contribution is 2.22. The zero-order chi connectivity index (χ0) is 11.1. The van der Waals surface area contributed by atoms with Crippen LogP contribution < -0.4 is 5.32 Å². The minimum absolute atomic E-state index is 0.201. The van der Waals surface area contributed by atoms with E-state index in [0.29, 0.717) is 12.7 Å². The summed E-state index contributed by atoms with van der Waals surface area (Å²) in [7, 11) is 3.52. The van der Waals surface area contributed by atoms with E-state index >= 15 is 0 Å². The molecular weight excluding hydrogens is 192 g/mol. The molecule has 1 N–H and O–H groups in total. The van der Waals surface area contributed by atoms with Gasteiger partial charge in [-0.2, -0.15) is 5.26 Å². The predicted molar refractivity (Wildman–Crippen MR) is 57.5 cm³/mol. The van der Waals surface area contributed by atoms with Gasteiger partial charge in [0.1, 0.15) is 6.04 Å². The molecule has 0 spiro atoms. The molecular formula is C11H20N2O2. The van der Waals surface area contributed by atoms with Gasteiger partial charge in [0.05, 0.1) is 24.9 Å². The Balaban J connectivity index is 2.23. The quantitative estimate of drug-likeness (QED) is 0.740. The fourth-order valence-electron chi connectivity index (χ4n) is 1.89. The Labute approximate surface area is 91.6 Å². The van der Waals surface area contributed by atoms with Crippen molar-refractivity contribution in [1.82, 2.24) is 5.32 Å². The fourth-order valence-corrected chi connectivity index (χ4v) is 1.89. The van der Waals surface area contributed by atoms with Crippen LogP contribution >= 0.6 is 0 Å². The molecule has 0 aromatic heterocycles. The third-order valence-electron chi connectivity index (χ3n) is 2.91. The number of likely N-dealkylation sites (N-methyl/N-ethyl adjacent to an activating group) is 1. The minimum atomic E-state index is -0.201. The van der Waals surface area contributed by atoms with Gasteiger partial charge in [-0.1, -0.05) is 0 Å². The zero-order valence-electron chi connectivity index (χ0n) is 9.53.